The molecular weight excluding hydrogens is 372 g/mol. The summed E-state index contributed by atoms with van der Waals surface area (Å²) in [5.74, 6) is -1.37. The molecule has 8 heteroatoms. The molecule has 8 nitrogen and oxygen atoms in total. The van der Waals surface area contributed by atoms with Crippen molar-refractivity contribution in [2.24, 2.45) is 0 Å². The van der Waals surface area contributed by atoms with Crippen molar-refractivity contribution in [3.8, 4) is 0 Å². The quantitative estimate of drug-likeness (QED) is 0.786. The minimum atomic E-state index is -0.434. The summed E-state index contributed by atoms with van der Waals surface area (Å²) in [6.45, 7) is 0.641. The van der Waals surface area contributed by atoms with Crippen molar-refractivity contribution in [2.75, 3.05) is 19.6 Å². The summed E-state index contributed by atoms with van der Waals surface area (Å²) in [5.41, 5.74) is 1.03. The van der Waals surface area contributed by atoms with Crippen molar-refractivity contribution < 1.29 is 19.2 Å². The van der Waals surface area contributed by atoms with E-state index in [1.807, 2.05) is 0 Å². The Kier molecular flexibility index (Phi) is 5.07. The number of nitrogens with zero attached hydrogens (tertiary/aromatic N) is 3. The molecule has 3 heterocycles. The predicted octanol–water partition coefficient (Wildman–Crippen LogP) is 1.10. The highest BCUT2D eigenvalue weighted by molar-refractivity contribution is 6.22. The van der Waals surface area contributed by atoms with Gasteiger partial charge in [-0.05, 0) is 37.1 Å². The number of amides is 4. The van der Waals surface area contributed by atoms with Crippen molar-refractivity contribution in [3.63, 3.8) is 0 Å². The molecule has 4 amide bonds. The molecule has 1 aromatic carbocycles. The largest absolute Gasteiger partial charge is 0.348 e. The number of carbonyl (C=O) groups is 4. The summed E-state index contributed by atoms with van der Waals surface area (Å²) in [7, 11) is 0. The molecule has 0 spiro atoms. The van der Waals surface area contributed by atoms with Crippen molar-refractivity contribution in [3.05, 3.63) is 65.5 Å². The van der Waals surface area contributed by atoms with Gasteiger partial charge in [0.25, 0.3) is 17.7 Å². The van der Waals surface area contributed by atoms with E-state index in [0.717, 1.165) is 4.90 Å². The second-order valence-electron chi connectivity index (χ2n) is 7.09. The highest BCUT2D eigenvalue weighted by Crippen LogP contribution is 2.22. The van der Waals surface area contributed by atoms with Crippen molar-refractivity contribution in [1.29, 1.82) is 0 Å². The first-order valence-corrected chi connectivity index (χ1v) is 9.49. The van der Waals surface area contributed by atoms with Gasteiger partial charge in [-0.3, -0.25) is 29.1 Å². The number of benzene rings is 1. The van der Waals surface area contributed by atoms with Crippen molar-refractivity contribution in [2.45, 2.75) is 18.9 Å². The van der Waals surface area contributed by atoms with Gasteiger partial charge in [0.2, 0.25) is 5.91 Å². The first-order chi connectivity index (χ1) is 14.0. The number of piperidine rings is 1. The number of fused-ring (bicyclic) bond motifs is 1. The van der Waals surface area contributed by atoms with Gasteiger partial charge in [-0.1, -0.05) is 18.2 Å². The first-order valence-electron chi connectivity index (χ1n) is 9.49. The summed E-state index contributed by atoms with van der Waals surface area (Å²) < 4.78 is 0. The van der Waals surface area contributed by atoms with Crippen LogP contribution in [0.1, 0.15) is 44.0 Å². The Hall–Kier alpha value is -3.55. The molecule has 0 radical (unpaired) electrons. The summed E-state index contributed by atoms with van der Waals surface area (Å²) in [4.78, 5) is 56.3. The average molecular weight is 392 g/mol. The molecule has 0 atom stereocenters. The fourth-order valence-electron chi connectivity index (χ4n) is 3.65. The van der Waals surface area contributed by atoms with Gasteiger partial charge in [-0.2, -0.15) is 0 Å². The zero-order valence-corrected chi connectivity index (χ0v) is 15.7. The molecule has 29 heavy (non-hydrogen) atoms. The van der Waals surface area contributed by atoms with E-state index in [4.69, 9.17) is 0 Å². The van der Waals surface area contributed by atoms with E-state index < -0.39 is 11.8 Å². The van der Waals surface area contributed by atoms with Gasteiger partial charge in [0, 0.05) is 25.3 Å². The third kappa shape index (κ3) is 3.73. The molecule has 1 saturated heterocycles. The Bertz CT molecular complexity index is 933. The Labute approximate surface area is 167 Å². The van der Waals surface area contributed by atoms with Gasteiger partial charge in [-0.25, -0.2) is 0 Å². The molecule has 0 unspecified atom stereocenters. The Morgan fingerprint density at radius 2 is 1.59 bits per heavy atom. The van der Waals surface area contributed by atoms with Crippen LogP contribution in [-0.4, -0.2) is 64.1 Å². The number of imide groups is 1. The number of nitrogens with one attached hydrogen (secondary N) is 1. The lowest BCUT2D eigenvalue weighted by Gasteiger charge is -2.33. The van der Waals surface area contributed by atoms with Crippen LogP contribution in [-0.2, 0) is 4.79 Å². The number of hydrogen-bond acceptors (Lipinski definition) is 5. The third-order valence-corrected chi connectivity index (χ3v) is 5.25. The number of pyridine rings is 1. The molecule has 0 saturated carbocycles. The van der Waals surface area contributed by atoms with Gasteiger partial charge >= 0.3 is 0 Å². The van der Waals surface area contributed by atoms with Crippen LogP contribution >= 0.6 is 0 Å². The van der Waals surface area contributed by atoms with Gasteiger partial charge in [-0.15, -0.1) is 0 Å². The number of rotatable bonds is 4. The number of likely N-dealkylation sites (tertiary alicyclic amines) is 1. The molecule has 2 aliphatic heterocycles. The van der Waals surface area contributed by atoms with Crippen LogP contribution in [0.4, 0.5) is 0 Å². The summed E-state index contributed by atoms with van der Waals surface area (Å²) in [6, 6.07) is 11.7. The van der Waals surface area contributed by atoms with E-state index in [-0.39, 0.29) is 24.4 Å². The van der Waals surface area contributed by atoms with E-state index in [2.05, 4.69) is 10.3 Å². The maximum absolute atomic E-state index is 12.6. The molecular formula is C21H20N4O4. The smallest absolute Gasteiger partial charge is 0.270 e. The minimum Gasteiger partial charge on any atom is -0.348 e. The SMILES string of the molecule is O=C(NC1CCN(C(=O)CN2C(=O)c3ccccc3C2=O)CC1)c1ccccn1. The third-order valence-electron chi connectivity index (χ3n) is 5.25. The molecule has 2 aromatic rings. The summed E-state index contributed by atoms with van der Waals surface area (Å²) in [5, 5.41) is 2.94. The maximum atomic E-state index is 12.6. The molecule has 1 aromatic heterocycles. The normalized spacial score (nSPS) is 16.7. The highest BCUT2D eigenvalue weighted by atomic mass is 16.2. The standard InChI is InChI=1S/C21H20N4O4/c26-18(13-25-20(28)15-5-1-2-6-16(15)21(25)29)24-11-8-14(9-12-24)23-19(27)17-7-3-4-10-22-17/h1-7,10,14H,8-9,11-13H2,(H,23,27). The maximum Gasteiger partial charge on any atom is 0.270 e. The van der Waals surface area contributed by atoms with Gasteiger partial charge in [0.1, 0.15) is 12.2 Å². The average Bonchev–Trinajstić information content (AvgIpc) is 3.00. The molecule has 1 fully saturated rings. The molecule has 0 bridgehead atoms. The lowest BCUT2D eigenvalue weighted by molar-refractivity contribution is -0.132. The van der Waals surface area contributed by atoms with Crippen molar-refractivity contribution >= 4 is 23.6 Å². The van der Waals surface area contributed by atoms with Gasteiger partial charge in [0.05, 0.1) is 11.1 Å². The fourth-order valence-corrected chi connectivity index (χ4v) is 3.65. The van der Waals surface area contributed by atoms with E-state index in [1.165, 1.54) is 0 Å². The number of carbonyl (C=O) groups excluding carboxylic acids is 4. The van der Waals surface area contributed by atoms with Crippen LogP contribution < -0.4 is 5.32 Å². The monoisotopic (exact) mass is 392 g/mol. The second-order valence-corrected chi connectivity index (χ2v) is 7.09. The van der Waals surface area contributed by atoms with E-state index in [0.29, 0.717) is 42.8 Å². The van der Waals surface area contributed by atoms with E-state index in [9.17, 15) is 19.2 Å². The summed E-state index contributed by atoms with van der Waals surface area (Å²) in [6.07, 6.45) is 2.77. The molecule has 4 rings (SSSR count). The zero-order valence-electron chi connectivity index (χ0n) is 15.7. The zero-order chi connectivity index (χ0) is 20.4. The van der Waals surface area contributed by atoms with Crippen LogP contribution in [0.3, 0.4) is 0 Å². The molecule has 2 aliphatic rings. The van der Waals surface area contributed by atoms with Gasteiger partial charge in [0.15, 0.2) is 0 Å². The highest BCUT2D eigenvalue weighted by Gasteiger charge is 2.37. The van der Waals surface area contributed by atoms with E-state index in [1.54, 1.807) is 53.6 Å². The first kappa shape index (κ1) is 18.8. The predicted molar refractivity (Wildman–Crippen MR) is 103 cm³/mol. The number of aromatic nitrogens is 1. The topological polar surface area (TPSA) is 99.7 Å². The minimum absolute atomic E-state index is 0.0483. The lowest BCUT2D eigenvalue weighted by Crippen LogP contribution is -2.49. The fraction of sp³-hybridized carbons (Fsp3) is 0.286. The van der Waals surface area contributed by atoms with Crippen LogP contribution in [0, 0.1) is 0 Å². The van der Waals surface area contributed by atoms with Crippen LogP contribution in [0.2, 0.25) is 0 Å². The van der Waals surface area contributed by atoms with Gasteiger partial charge < -0.3 is 10.2 Å². The summed E-state index contributed by atoms with van der Waals surface area (Å²) >= 11 is 0. The van der Waals surface area contributed by atoms with E-state index >= 15 is 0 Å². The lowest BCUT2D eigenvalue weighted by atomic mass is 10.0. The Balaban J connectivity index is 1.30. The van der Waals surface area contributed by atoms with Crippen LogP contribution in [0.15, 0.2) is 48.7 Å². The molecule has 0 aliphatic carbocycles. The molecule has 1 N–H and O–H groups in total. The molecule has 148 valence electrons. The van der Waals surface area contributed by atoms with Crippen LogP contribution in [0.5, 0.6) is 0 Å². The second kappa shape index (κ2) is 7.83. The Morgan fingerprint density at radius 1 is 0.966 bits per heavy atom. The Morgan fingerprint density at radius 3 is 2.17 bits per heavy atom. The van der Waals surface area contributed by atoms with Crippen molar-refractivity contribution in [1.82, 2.24) is 20.1 Å². The number of hydrogen-bond donors (Lipinski definition) is 1. The van der Waals surface area contributed by atoms with Crippen LogP contribution in [0.25, 0.3) is 0 Å².